The fraction of sp³-hybridized carbons (Fsp3) is 0. The van der Waals surface area contributed by atoms with E-state index >= 15 is 0 Å². The van der Waals surface area contributed by atoms with Crippen LogP contribution in [0.15, 0.2) is 58.5 Å². The number of rotatable bonds is 2. The number of benzene rings is 2. The van der Waals surface area contributed by atoms with Crippen molar-refractivity contribution in [3.05, 3.63) is 58.7 Å². The molecule has 5 heteroatoms. The molecule has 0 aliphatic heterocycles. The van der Waals surface area contributed by atoms with Crippen LogP contribution in [0.1, 0.15) is 0 Å². The molecule has 3 rings (SSSR count). The zero-order valence-electron chi connectivity index (χ0n) is 10.3. The van der Waals surface area contributed by atoms with E-state index in [4.69, 9.17) is 28.9 Å². The van der Waals surface area contributed by atoms with Gasteiger partial charge in [-0.2, -0.15) is 0 Å². The van der Waals surface area contributed by atoms with Crippen molar-refractivity contribution in [3.8, 4) is 0 Å². The highest BCUT2D eigenvalue weighted by atomic mass is 35.5. The van der Waals surface area contributed by atoms with Crippen LogP contribution in [0.4, 0.5) is 5.69 Å². The number of pyridine rings is 1. The monoisotopic (exact) mass is 320 g/mol. The topological polar surface area (TPSA) is 38.9 Å². The van der Waals surface area contributed by atoms with E-state index in [1.54, 1.807) is 30.1 Å². The molecule has 3 aromatic rings. The Hall–Kier alpha value is -1.42. The summed E-state index contributed by atoms with van der Waals surface area (Å²) in [4.78, 5) is 6.28. The highest BCUT2D eigenvalue weighted by Gasteiger charge is 2.08. The van der Waals surface area contributed by atoms with Gasteiger partial charge >= 0.3 is 0 Å². The maximum atomic E-state index is 6.21. The summed E-state index contributed by atoms with van der Waals surface area (Å²) in [6.45, 7) is 0. The van der Waals surface area contributed by atoms with Gasteiger partial charge in [-0.25, -0.2) is 0 Å². The molecule has 0 radical (unpaired) electrons. The van der Waals surface area contributed by atoms with Gasteiger partial charge in [0, 0.05) is 26.4 Å². The highest BCUT2D eigenvalue weighted by Crippen LogP contribution is 2.38. The van der Waals surface area contributed by atoms with Gasteiger partial charge in [0.2, 0.25) is 0 Å². The highest BCUT2D eigenvalue weighted by molar-refractivity contribution is 7.99. The predicted molar refractivity (Wildman–Crippen MR) is 86.7 cm³/mol. The maximum Gasteiger partial charge on any atom is 0.0942 e. The van der Waals surface area contributed by atoms with Crippen molar-refractivity contribution in [1.29, 1.82) is 0 Å². The normalized spacial score (nSPS) is 10.9. The Morgan fingerprint density at radius 1 is 1.00 bits per heavy atom. The molecular weight excluding hydrogens is 311 g/mol. The minimum Gasteiger partial charge on any atom is -0.397 e. The van der Waals surface area contributed by atoms with E-state index in [-0.39, 0.29) is 0 Å². The first-order valence-electron chi connectivity index (χ1n) is 5.91. The van der Waals surface area contributed by atoms with Crippen LogP contribution in [0, 0.1) is 0 Å². The van der Waals surface area contributed by atoms with Gasteiger partial charge in [0.1, 0.15) is 0 Å². The SMILES string of the molecule is Nc1cccc2c(Sc3cc(Cl)ccc3Cl)ccnc12. The Bertz CT molecular complexity index is 790. The van der Waals surface area contributed by atoms with Crippen LogP contribution >= 0.6 is 35.0 Å². The summed E-state index contributed by atoms with van der Waals surface area (Å²) in [5.74, 6) is 0. The molecule has 0 saturated heterocycles. The van der Waals surface area contributed by atoms with E-state index in [1.165, 1.54) is 0 Å². The van der Waals surface area contributed by atoms with E-state index in [0.29, 0.717) is 15.7 Å². The summed E-state index contributed by atoms with van der Waals surface area (Å²) in [6.07, 6.45) is 1.75. The molecule has 2 nitrogen and oxygen atoms in total. The quantitative estimate of drug-likeness (QED) is 0.653. The molecule has 0 saturated carbocycles. The van der Waals surface area contributed by atoms with E-state index < -0.39 is 0 Å². The van der Waals surface area contributed by atoms with Crippen molar-refractivity contribution in [1.82, 2.24) is 4.98 Å². The van der Waals surface area contributed by atoms with Crippen LogP contribution in [-0.4, -0.2) is 4.98 Å². The van der Waals surface area contributed by atoms with Crippen LogP contribution in [0.2, 0.25) is 10.0 Å². The molecule has 0 fully saturated rings. The average molecular weight is 321 g/mol. The lowest BCUT2D eigenvalue weighted by Gasteiger charge is -2.08. The number of aromatic nitrogens is 1. The third-order valence-corrected chi connectivity index (χ3v) is 4.69. The molecule has 1 heterocycles. The first kappa shape index (κ1) is 13.6. The molecule has 1 aromatic heterocycles. The van der Waals surface area contributed by atoms with Crippen molar-refractivity contribution in [2.24, 2.45) is 0 Å². The second kappa shape index (κ2) is 5.52. The predicted octanol–water partition coefficient (Wildman–Crippen LogP) is 5.28. The molecule has 0 spiro atoms. The number of anilines is 1. The fourth-order valence-electron chi connectivity index (χ4n) is 1.94. The number of hydrogen-bond acceptors (Lipinski definition) is 3. The van der Waals surface area contributed by atoms with Crippen molar-refractivity contribution in [2.45, 2.75) is 9.79 Å². The van der Waals surface area contributed by atoms with Crippen LogP contribution < -0.4 is 5.73 Å². The standard InChI is InChI=1S/C15H10Cl2N2S/c16-9-4-5-11(17)14(8-9)20-13-6-7-19-15-10(13)2-1-3-12(15)18/h1-8H,18H2. The molecule has 0 bridgehead atoms. The van der Waals surface area contributed by atoms with E-state index in [1.807, 2.05) is 30.3 Å². The second-order valence-electron chi connectivity index (χ2n) is 4.23. The molecule has 2 aromatic carbocycles. The van der Waals surface area contributed by atoms with Gasteiger partial charge in [-0.15, -0.1) is 0 Å². The second-order valence-corrected chi connectivity index (χ2v) is 6.16. The Morgan fingerprint density at radius 2 is 1.85 bits per heavy atom. The number of fused-ring (bicyclic) bond motifs is 1. The summed E-state index contributed by atoms with van der Waals surface area (Å²) < 4.78 is 0. The summed E-state index contributed by atoms with van der Waals surface area (Å²) in [6, 6.07) is 13.1. The number of para-hydroxylation sites is 1. The lowest BCUT2D eigenvalue weighted by atomic mass is 10.2. The zero-order chi connectivity index (χ0) is 14.1. The fourth-order valence-corrected chi connectivity index (χ4v) is 3.40. The minimum absolute atomic E-state index is 0.662. The van der Waals surface area contributed by atoms with Crippen LogP contribution in [-0.2, 0) is 0 Å². The number of nitrogens with two attached hydrogens (primary N) is 1. The van der Waals surface area contributed by atoms with Gasteiger partial charge in [-0.3, -0.25) is 4.98 Å². The molecule has 0 amide bonds. The van der Waals surface area contributed by atoms with Crippen LogP contribution in [0.3, 0.4) is 0 Å². The Morgan fingerprint density at radius 3 is 2.70 bits per heavy atom. The number of halogens is 2. The van der Waals surface area contributed by atoms with Crippen LogP contribution in [0.25, 0.3) is 10.9 Å². The first-order valence-corrected chi connectivity index (χ1v) is 7.48. The molecule has 0 unspecified atom stereocenters. The Labute approximate surface area is 130 Å². The van der Waals surface area contributed by atoms with Gasteiger partial charge in [0.25, 0.3) is 0 Å². The summed E-state index contributed by atoms with van der Waals surface area (Å²) >= 11 is 13.8. The number of nitrogen functional groups attached to an aromatic ring is 1. The number of hydrogen-bond donors (Lipinski definition) is 1. The largest absolute Gasteiger partial charge is 0.397 e. The molecular formula is C15H10Cl2N2S. The van der Waals surface area contributed by atoms with E-state index in [9.17, 15) is 0 Å². The summed E-state index contributed by atoms with van der Waals surface area (Å²) in [7, 11) is 0. The zero-order valence-corrected chi connectivity index (χ0v) is 12.6. The third-order valence-electron chi connectivity index (χ3n) is 2.88. The third kappa shape index (κ3) is 2.57. The Balaban J connectivity index is 2.11. The van der Waals surface area contributed by atoms with Crippen molar-refractivity contribution in [3.63, 3.8) is 0 Å². The molecule has 100 valence electrons. The Kier molecular flexibility index (Phi) is 3.74. The van der Waals surface area contributed by atoms with Crippen molar-refractivity contribution in [2.75, 3.05) is 5.73 Å². The molecule has 0 atom stereocenters. The number of nitrogens with zero attached hydrogens (tertiary/aromatic N) is 1. The summed E-state index contributed by atoms with van der Waals surface area (Å²) in [5, 5.41) is 2.34. The van der Waals surface area contributed by atoms with Gasteiger partial charge < -0.3 is 5.73 Å². The molecule has 0 aliphatic carbocycles. The average Bonchev–Trinajstić information content (AvgIpc) is 2.44. The van der Waals surface area contributed by atoms with Gasteiger partial charge in [-0.05, 0) is 30.3 Å². The van der Waals surface area contributed by atoms with Crippen molar-refractivity contribution >= 4 is 51.6 Å². The first-order chi connectivity index (χ1) is 9.65. The minimum atomic E-state index is 0.662. The molecule has 2 N–H and O–H groups in total. The lowest BCUT2D eigenvalue weighted by Crippen LogP contribution is -1.90. The van der Waals surface area contributed by atoms with E-state index in [0.717, 1.165) is 20.7 Å². The molecule has 0 aliphatic rings. The van der Waals surface area contributed by atoms with Gasteiger partial charge in [0.05, 0.1) is 16.2 Å². The smallest absolute Gasteiger partial charge is 0.0942 e. The van der Waals surface area contributed by atoms with E-state index in [2.05, 4.69) is 4.98 Å². The van der Waals surface area contributed by atoms with Crippen molar-refractivity contribution < 1.29 is 0 Å². The summed E-state index contributed by atoms with van der Waals surface area (Å²) in [5.41, 5.74) is 7.42. The molecule has 20 heavy (non-hydrogen) atoms. The van der Waals surface area contributed by atoms with Gasteiger partial charge in [-0.1, -0.05) is 47.1 Å². The van der Waals surface area contributed by atoms with Crippen LogP contribution in [0.5, 0.6) is 0 Å². The maximum absolute atomic E-state index is 6.21. The lowest BCUT2D eigenvalue weighted by molar-refractivity contribution is 1.35. The van der Waals surface area contributed by atoms with Gasteiger partial charge in [0.15, 0.2) is 0 Å².